The van der Waals surface area contributed by atoms with E-state index in [4.69, 9.17) is 0 Å². The maximum absolute atomic E-state index is 4.29. The summed E-state index contributed by atoms with van der Waals surface area (Å²) in [6.45, 7) is 0. The molecule has 0 saturated carbocycles. The summed E-state index contributed by atoms with van der Waals surface area (Å²) in [5.41, 5.74) is 1.34. The van der Waals surface area contributed by atoms with Gasteiger partial charge in [-0.2, -0.15) is 0 Å². The lowest BCUT2D eigenvalue weighted by atomic mass is 9.93. The molecule has 0 amide bonds. The molecule has 0 N–H and O–H groups in total. The molecule has 0 atom stereocenters. The third-order valence-corrected chi connectivity index (χ3v) is 1.91. The molecule has 0 aromatic rings. The van der Waals surface area contributed by atoms with E-state index in [-0.39, 0.29) is 0 Å². The van der Waals surface area contributed by atoms with E-state index >= 15 is 0 Å². The molecule has 0 spiro atoms. The molecular weight excluding hydrogens is 122 g/mol. The van der Waals surface area contributed by atoms with Gasteiger partial charge in [0, 0.05) is 6.21 Å². The van der Waals surface area contributed by atoms with Gasteiger partial charge in [0.05, 0.1) is 0 Å². The molecule has 1 radical (unpaired) electrons. The molecule has 1 nitrogen and oxygen atoms in total. The zero-order valence-corrected chi connectivity index (χ0v) is 5.88. The van der Waals surface area contributed by atoms with Crippen molar-refractivity contribution in [3.05, 3.63) is 29.8 Å². The summed E-state index contributed by atoms with van der Waals surface area (Å²) in [6.07, 6.45) is 11.9. The van der Waals surface area contributed by atoms with Crippen molar-refractivity contribution in [3.63, 3.8) is 0 Å². The first-order valence-corrected chi connectivity index (χ1v) is 3.74. The van der Waals surface area contributed by atoms with Crippen LogP contribution in [0.2, 0.25) is 0 Å². The van der Waals surface area contributed by atoms with Crippen molar-refractivity contribution in [1.82, 2.24) is 0 Å². The van der Waals surface area contributed by atoms with Gasteiger partial charge in [-0.25, -0.2) is 0 Å². The molecule has 0 aromatic heterocycles. The van der Waals surface area contributed by atoms with Gasteiger partial charge >= 0.3 is 0 Å². The molecule has 51 valence electrons. The normalized spacial score (nSPS) is 24.2. The average molecular weight is 132 g/mol. The molecule has 1 heterocycles. The van der Waals surface area contributed by atoms with Crippen LogP contribution in [0.15, 0.2) is 28.8 Å². The van der Waals surface area contributed by atoms with Crippen molar-refractivity contribution in [1.29, 1.82) is 0 Å². The van der Waals surface area contributed by atoms with Crippen LogP contribution in [0.1, 0.15) is 19.3 Å². The lowest BCUT2D eigenvalue weighted by Gasteiger charge is -2.18. The van der Waals surface area contributed by atoms with Crippen LogP contribution in [0, 0.1) is 6.04 Å². The van der Waals surface area contributed by atoms with E-state index in [1.54, 1.807) is 0 Å². The van der Waals surface area contributed by atoms with E-state index in [0.29, 0.717) is 0 Å². The Morgan fingerprint density at radius 2 is 2.40 bits per heavy atom. The van der Waals surface area contributed by atoms with E-state index in [9.17, 15) is 0 Å². The predicted octanol–water partition coefficient (Wildman–Crippen LogP) is 2.27. The Morgan fingerprint density at radius 3 is 3.30 bits per heavy atom. The molecule has 0 unspecified atom stereocenters. The largest absolute Gasteiger partial charge is 0.279 e. The van der Waals surface area contributed by atoms with E-state index in [1.807, 2.05) is 12.3 Å². The summed E-state index contributed by atoms with van der Waals surface area (Å²) in [5.74, 6) is 0. The summed E-state index contributed by atoms with van der Waals surface area (Å²) in [7, 11) is 0. The van der Waals surface area contributed by atoms with E-state index < -0.39 is 0 Å². The highest BCUT2D eigenvalue weighted by molar-refractivity contribution is 5.76. The summed E-state index contributed by atoms with van der Waals surface area (Å²) in [6, 6.07) is 1.27. The first-order chi connectivity index (χ1) is 4.97. The first kappa shape index (κ1) is 5.90. The number of dihydropyridines is 1. The Hall–Kier alpha value is -0.850. The Kier molecular flexibility index (Phi) is 1.42. The quantitative estimate of drug-likeness (QED) is 0.479. The van der Waals surface area contributed by atoms with E-state index in [0.717, 1.165) is 6.42 Å². The second-order valence-corrected chi connectivity index (χ2v) is 2.64. The van der Waals surface area contributed by atoms with Crippen LogP contribution in [-0.2, 0) is 0 Å². The molecular formula is C9H10N. The Balaban J connectivity index is 2.27. The zero-order valence-electron chi connectivity index (χ0n) is 5.88. The smallest absolute Gasteiger partial charge is 0.114 e. The van der Waals surface area contributed by atoms with E-state index in [1.165, 1.54) is 24.5 Å². The van der Waals surface area contributed by atoms with Gasteiger partial charge in [-0.3, -0.25) is 4.99 Å². The first-order valence-electron chi connectivity index (χ1n) is 3.74. The van der Waals surface area contributed by atoms with Gasteiger partial charge in [0.1, 0.15) is 6.04 Å². The van der Waals surface area contributed by atoms with Crippen molar-refractivity contribution < 1.29 is 0 Å². The SMILES string of the molecule is C1=CC2=CCCC[C]2N=C1. The van der Waals surface area contributed by atoms with Crippen LogP contribution in [0.5, 0.6) is 0 Å². The monoisotopic (exact) mass is 132 g/mol. The Morgan fingerprint density at radius 1 is 1.40 bits per heavy atom. The summed E-state index contributed by atoms with van der Waals surface area (Å²) in [5, 5.41) is 0. The molecule has 0 saturated heterocycles. The van der Waals surface area contributed by atoms with Gasteiger partial charge < -0.3 is 0 Å². The Bertz CT molecular complexity index is 211. The van der Waals surface area contributed by atoms with Crippen LogP contribution in [0.3, 0.4) is 0 Å². The Labute approximate surface area is 61.2 Å². The summed E-state index contributed by atoms with van der Waals surface area (Å²) in [4.78, 5) is 4.29. The number of nitrogens with zero attached hydrogens (tertiary/aromatic N) is 1. The van der Waals surface area contributed by atoms with Crippen LogP contribution in [-0.4, -0.2) is 6.21 Å². The molecule has 2 aliphatic rings. The summed E-state index contributed by atoms with van der Waals surface area (Å²) >= 11 is 0. The van der Waals surface area contributed by atoms with Crippen LogP contribution in [0.25, 0.3) is 0 Å². The van der Waals surface area contributed by atoms with Crippen LogP contribution < -0.4 is 0 Å². The highest BCUT2D eigenvalue weighted by Crippen LogP contribution is 2.29. The van der Waals surface area contributed by atoms with Crippen molar-refractivity contribution in [2.75, 3.05) is 0 Å². The molecule has 0 fully saturated rings. The van der Waals surface area contributed by atoms with Gasteiger partial charge in [0.15, 0.2) is 0 Å². The maximum atomic E-state index is 4.29. The van der Waals surface area contributed by atoms with Gasteiger partial charge in [-0.05, 0) is 30.9 Å². The number of aliphatic imine (C=N–C) groups is 1. The van der Waals surface area contributed by atoms with Crippen molar-refractivity contribution in [3.8, 4) is 0 Å². The minimum Gasteiger partial charge on any atom is -0.279 e. The fourth-order valence-electron chi connectivity index (χ4n) is 1.37. The lowest BCUT2D eigenvalue weighted by molar-refractivity contribution is 0.728. The highest BCUT2D eigenvalue weighted by Gasteiger charge is 2.15. The van der Waals surface area contributed by atoms with Crippen LogP contribution in [0.4, 0.5) is 0 Å². The second-order valence-electron chi connectivity index (χ2n) is 2.64. The molecule has 1 aliphatic carbocycles. The fraction of sp³-hybridized carbons (Fsp3) is 0.333. The third-order valence-electron chi connectivity index (χ3n) is 1.91. The average Bonchev–Trinajstić information content (AvgIpc) is 2.05. The maximum Gasteiger partial charge on any atom is 0.114 e. The number of fused-ring (bicyclic) bond motifs is 1. The van der Waals surface area contributed by atoms with Crippen LogP contribution >= 0.6 is 0 Å². The lowest BCUT2D eigenvalue weighted by Crippen LogP contribution is -2.04. The van der Waals surface area contributed by atoms with Crippen molar-refractivity contribution in [2.45, 2.75) is 19.3 Å². The molecule has 1 heteroatoms. The zero-order chi connectivity index (χ0) is 6.81. The van der Waals surface area contributed by atoms with Crippen molar-refractivity contribution >= 4 is 6.21 Å². The van der Waals surface area contributed by atoms with Gasteiger partial charge in [-0.15, -0.1) is 0 Å². The van der Waals surface area contributed by atoms with Crippen molar-refractivity contribution in [2.24, 2.45) is 4.99 Å². The minimum atomic E-state index is 1.16. The standard InChI is InChI=1S/C9H10N/c1-2-6-9-8(4-1)5-3-7-10-9/h3-5,7H,1-2,6H2. The molecule has 1 aliphatic heterocycles. The fourth-order valence-corrected chi connectivity index (χ4v) is 1.37. The molecule has 2 rings (SSSR count). The molecule has 0 aromatic carbocycles. The highest BCUT2D eigenvalue weighted by atomic mass is 14.8. The summed E-state index contributed by atoms with van der Waals surface area (Å²) < 4.78 is 0. The second kappa shape index (κ2) is 2.41. The molecule has 10 heavy (non-hydrogen) atoms. The van der Waals surface area contributed by atoms with Gasteiger partial charge in [0.25, 0.3) is 0 Å². The number of hydrogen-bond donors (Lipinski definition) is 0. The van der Waals surface area contributed by atoms with Gasteiger partial charge in [-0.1, -0.05) is 12.2 Å². The topological polar surface area (TPSA) is 12.4 Å². The van der Waals surface area contributed by atoms with E-state index in [2.05, 4.69) is 17.1 Å². The van der Waals surface area contributed by atoms with Gasteiger partial charge in [0.2, 0.25) is 0 Å². The number of hydrogen-bond acceptors (Lipinski definition) is 1. The predicted molar refractivity (Wildman–Crippen MR) is 42.8 cm³/mol. The molecule has 0 bridgehead atoms. The minimum absolute atomic E-state index is 1.16. The number of allylic oxidation sites excluding steroid dienone is 2. The number of rotatable bonds is 0. The third kappa shape index (κ3) is 0.919.